The molecular weight excluding hydrogens is 326 g/mol. The Morgan fingerprint density at radius 3 is 2.62 bits per heavy atom. The van der Waals surface area contributed by atoms with E-state index in [1.807, 2.05) is 52.8 Å². The highest BCUT2D eigenvalue weighted by molar-refractivity contribution is 8.13. The smallest absolute Gasteiger partial charge is 0.407 e. The van der Waals surface area contributed by atoms with Crippen molar-refractivity contribution in [1.82, 2.24) is 5.32 Å². The van der Waals surface area contributed by atoms with E-state index in [0.29, 0.717) is 17.5 Å². The van der Waals surface area contributed by atoms with Crippen LogP contribution in [0.1, 0.15) is 40.2 Å². The molecule has 0 fully saturated rings. The number of aliphatic imine (C=N–C) groups is 1. The fourth-order valence-corrected chi connectivity index (χ4v) is 2.32. The molecular formula is C17H27N3O3S. The lowest BCUT2D eigenvalue weighted by Crippen LogP contribution is -2.32. The largest absolute Gasteiger partial charge is 0.494 e. The molecule has 0 aliphatic rings. The molecule has 0 spiro atoms. The molecule has 134 valence electrons. The van der Waals surface area contributed by atoms with Crippen LogP contribution in [0.5, 0.6) is 5.75 Å². The predicted octanol–water partition coefficient (Wildman–Crippen LogP) is 3.81. The van der Waals surface area contributed by atoms with Gasteiger partial charge in [-0.1, -0.05) is 18.7 Å². The van der Waals surface area contributed by atoms with E-state index in [4.69, 9.17) is 15.2 Å². The monoisotopic (exact) mass is 353 g/mol. The first kappa shape index (κ1) is 20.2. The third kappa shape index (κ3) is 7.59. The molecule has 0 radical (unpaired) electrons. The first-order valence-electron chi connectivity index (χ1n) is 7.94. The number of amidine groups is 1. The second kappa shape index (κ2) is 9.42. The Labute approximate surface area is 148 Å². The lowest BCUT2D eigenvalue weighted by Gasteiger charge is -2.20. The highest BCUT2D eigenvalue weighted by Crippen LogP contribution is 2.25. The second-order valence-corrected chi connectivity index (χ2v) is 7.25. The summed E-state index contributed by atoms with van der Waals surface area (Å²) in [6.45, 7) is 10.2. The molecule has 0 aliphatic carbocycles. The second-order valence-electron chi connectivity index (χ2n) is 5.96. The van der Waals surface area contributed by atoms with Gasteiger partial charge >= 0.3 is 6.09 Å². The van der Waals surface area contributed by atoms with Crippen molar-refractivity contribution < 1.29 is 14.3 Å². The molecule has 1 aromatic rings. The van der Waals surface area contributed by atoms with Crippen molar-refractivity contribution in [2.24, 2.45) is 10.7 Å². The molecule has 0 saturated heterocycles. The van der Waals surface area contributed by atoms with Crippen LogP contribution in [0, 0.1) is 0 Å². The van der Waals surface area contributed by atoms with E-state index in [9.17, 15) is 4.79 Å². The Bertz CT molecular complexity index is 583. The zero-order chi connectivity index (χ0) is 18.2. The number of amides is 1. The zero-order valence-corrected chi connectivity index (χ0v) is 15.8. The molecule has 0 saturated carbocycles. The highest BCUT2D eigenvalue weighted by Gasteiger charge is 2.16. The molecule has 0 bridgehead atoms. The Morgan fingerprint density at radius 1 is 1.33 bits per heavy atom. The summed E-state index contributed by atoms with van der Waals surface area (Å²) in [4.78, 5) is 16.2. The SMILES string of the molecule is CCOc1ccc(N=C(N)SCC)cc1CNC(=O)OC(C)(C)C. The summed E-state index contributed by atoms with van der Waals surface area (Å²) >= 11 is 1.48. The van der Waals surface area contributed by atoms with E-state index in [1.54, 1.807) is 0 Å². The van der Waals surface area contributed by atoms with E-state index < -0.39 is 11.7 Å². The number of nitrogens with one attached hydrogen (secondary N) is 1. The lowest BCUT2D eigenvalue weighted by atomic mass is 10.1. The van der Waals surface area contributed by atoms with Crippen LogP contribution in [0.4, 0.5) is 10.5 Å². The number of rotatable bonds is 6. The zero-order valence-electron chi connectivity index (χ0n) is 15.0. The van der Waals surface area contributed by atoms with Gasteiger partial charge in [-0.15, -0.1) is 0 Å². The number of carbonyl (C=O) groups excluding carboxylic acids is 1. The summed E-state index contributed by atoms with van der Waals surface area (Å²) in [5, 5.41) is 3.24. The number of benzene rings is 1. The summed E-state index contributed by atoms with van der Waals surface area (Å²) in [6, 6.07) is 5.52. The third-order valence-corrected chi connectivity index (χ3v) is 3.37. The van der Waals surface area contributed by atoms with Gasteiger partial charge in [0.15, 0.2) is 5.17 Å². The van der Waals surface area contributed by atoms with Crippen molar-refractivity contribution in [3.05, 3.63) is 23.8 Å². The summed E-state index contributed by atoms with van der Waals surface area (Å²) in [5.74, 6) is 1.56. The van der Waals surface area contributed by atoms with Crippen LogP contribution < -0.4 is 15.8 Å². The number of ether oxygens (including phenoxy) is 2. The van der Waals surface area contributed by atoms with Crippen LogP contribution in [0.15, 0.2) is 23.2 Å². The average Bonchev–Trinajstić information content (AvgIpc) is 2.46. The molecule has 1 aromatic carbocycles. The highest BCUT2D eigenvalue weighted by atomic mass is 32.2. The van der Waals surface area contributed by atoms with Crippen molar-refractivity contribution in [2.45, 2.75) is 46.8 Å². The van der Waals surface area contributed by atoms with Gasteiger partial charge in [0.1, 0.15) is 11.4 Å². The molecule has 0 unspecified atom stereocenters. The fourth-order valence-electron chi connectivity index (χ4n) is 1.86. The first-order valence-corrected chi connectivity index (χ1v) is 8.93. The van der Waals surface area contributed by atoms with Crippen LogP contribution in [-0.2, 0) is 11.3 Å². The summed E-state index contributed by atoms with van der Waals surface area (Å²) < 4.78 is 10.8. The minimum Gasteiger partial charge on any atom is -0.494 e. The number of alkyl carbamates (subject to hydrolysis) is 1. The van der Waals surface area contributed by atoms with Crippen molar-refractivity contribution >= 4 is 28.7 Å². The van der Waals surface area contributed by atoms with Crippen LogP contribution in [0.2, 0.25) is 0 Å². The Hall–Kier alpha value is -1.89. The molecule has 1 rings (SSSR count). The van der Waals surface area contributed by atoms with Gasteiger partial charge in [0.25, 0.3) is 0 Å². The maximum absolute atomic E-state index is 11.8. The van der Waals surface area contributed by atoms with Crippen molar-refractivity contribution in [3.63, 3.8) is 0 Å². The Kier molecular flexibility index (Phi) is 7.91. The van der Waals surface area contributed by atoms with Crippen molar-refractivity contribution in [1.29, 1.82) is 0 Å². The van der Waals surface area contributed by atoms with E-state index >= 15 is 0 Å². The molecule has 0 atom stereocenters. The predicted molar refractivity (Wildman–Crippen MR) is 100 cm³/mol. The maximum Gasteiger partial charge on any atom is 0.407 e. The van der Waals surface area contributed by atoms with Crippen LogP contribution in [0.3, 0.4) is 0 Å². The minimum absolute atomic E-state index is 0.286. The van der Waals surface area contributed by atoms with Gasteiger partial charge in [-0.2, -0.15) is 0 Å². The van der Waals surface area contributed by atoms with Gasteiger partial charge in [-0.05, 0) is 51.6 Å². The molecule has 0 aliphatic heterocycles. The summed E-state index contributed by atoms with van der Waals surface area (Å²) in [6.07, 6.45) is -0.472. The maximum atomic E-state index is 11.8. The van der Waals surface area contributed by atoms with Crippen LogP contribution in [0.25, 0.3) is 0 Å². The van der Waals surface area contributed by atoms with E-state index in [-0.39, 0.29) is 6.54 Å². The van der Waals surface area contributed by atoms with Crippen molar-refractivity contribution in [2.75, 3.05) is 12.4 Å². The molecule has 24 heavy (non-hydrogen) atoms. The number of thioether (sulfide) groups is 1. The van der Waals surface area contributed by atoms with Gasteiger partial charge in [-0.25, -0.2) is 9.79 Å². The summed E-state index contributed by atoms with van der Waals surface area (Å²) in [7, 11) is 0. The average molecular weight is 353 g/mol. The lowest BCUT2D eigenvalue weighted by molar-refractivity contribution is 0.0523. The normalized spacial score (nSPS) is 12.0. The van der Waals surface area contributed by atoms with Gasteiger partial charge in [-0.3, -0.25) is 0 Å². The standard InChI is InChI=1S/C17H27N3O3S/c1-6-22-14-9-8-13(20-15(18)24-7-2)10-12(14)11-19-16(21)23-17(3,4)5/h8-10H,6-7,11H2,1-5H3,(H2,18,20)(H,19,21). The number of nitrogens with zero attached hydrogens (tertiary/aromatic N) is 1. The van der Waals surface area contributed by atoms with Gasteiger partial charge in [0.05, 0.1) is 12.3 Å². The van der Waals surface area contributed by atoms with Crippen molar-refractivity contribution in [3.8, 4) is 5.75 Å². The molecule has 0 heterocycles. The molecule has 3 N–H and O–H groups in total. The minimum atomic E-state index is -0.537. The summed E-state index contributed by atoms with van der Waals surface area (Å²) in [5.41, 5.74) is 6.85. The molecule has 6 nitrogen and oxygen atoms in total. The first-order chi connectivity index (χ1) is 11.2. The van der Waals surface area contributed by atoms with Gasteiger partial charge < -0.3 is 20.5 Å². The van der Waals surface area contributed by atoms with Gasteiger partial charge in [0, 0.05) is 12.1 Å². The molecule has 1 amide bonds. The Morgan fingerprint density at radius 2 is 2.04 bits per heavy atom. The number of nitrogens with two attached hydrogens (primary N) is 1. The number of carbonyl (C=O) groups is 1. The number of hydrogen-bond acceptors (Lipinski definition) is 5. The Balaban J connectivity index is 2.88. The molecule has 0 aromatic heterocycles. The fraction of sp³-hybridized carbons (Fsp3) is 0.529. The molecule has 7 heteroatoms. The topological polar surface area (TPSA) is 85.9 Å². The van der Waals surface area contributed by atoms with E-state index in [2.05, 4.69) is 10.3 Å². The van der Waals surface area contributed by atoms with Gasteiger partial charge in [0.2, 0.25) is 0 Å². The van der Waals surface area contributed by atoms with Crippen LogP contribution >= 0.6 is 11.8 Å². The van der Waals surface area contributed by atoms with E-state index in [1.165, 1.54) is 11.8 Å². The van der Waals surface area contributed by atoms with E-state index in [0.717, 1.165) is 17.0 Å². The number of hydrogen-bond donors (Lipinski definition) is 2. The van der Waals surface area contributed by atoms with Crippen LogP contribution in [-0.4, -0.2) is 29.2 Å². The third-order valence-electron chi connectivity index (χ3n) is 2.70. The quantitative estimate of drug-likeness (QED) is 0.600.